The third-order valence-corrected chi connectivity index (χ3v) is 2.57. The summed E-state index contributed by atoms with van der Waals surface area (Å²) in [6.45, 7) is 7.12. The Morgan fingerprint density at radius 3 is 2.52 bits per heavy atom. The van der Waals surface area contributed by atoms with Crippen LogP contribution in [0.3, 0.4) is 0 Å². The average Bonchev–Trinajstić information content (AvgIpc) is 2.44. The van der Waals surface area contributed by atoms with Crippen molar-refractivity contribution in [2.75, 3.05) is 6.54 Å². The Bertz CT molecular complexity index is 449. The SMILES string of the molecule is CCCC#CC#CCCC=CC=CC(=O)NCCC(C)C. The van der Waals surface area contributed by atoms with Gasteiger partial charge < -0.3 is 5.32 Å². The molecular weight excluding hydrogens is 258 g/mol. The molecule has 0 radical (unpaired) electrons. The van der Waals surface area contributed by atoms with E-state index in [1.807, 2.05) is 12.2 Å². The first kappa shape index (κ1) is 19.1. The van der Waals surface area contributed by atoms with Crippen LogP contribution in [0.25, 0.3) is 0 Å². The van der Waals surface area contributed by atoms with Crippen LogP contribution in [0.4, 0.5) is 0 Å². The fourth-order valence-corrected chi connectivity index (χ4v) is 1.35. The molecule has 0 bridgehead atoms. The van der Waals surface area contributed by atoms with Gasteiger partial charge in [-0.3, -0.25) is 4.79 Å². The quantitative estimate of drug-likeness (QED) is 0.312. The molecule has 0 saturated heterocycles. The highest BCUT2D eigenvalue weighted by molar-refractivity contribution is 5.87. The van der Waals surface area contributed by atoms with Gasteiger partial charge in [0.05, 0.1) is 0 Å². The highest BCUT2D eigenvalue weighted by atomic mass is 16.1. The lowest BCUT2D eigenvalue weighted by atomic mass is 10.1. The molecule has 0 aliphatic carbocycles. The highest BCUT2D eigenvalue weighted by Crippen LogP contribution is 1.96. The Balaban J connectivity index is 3.69. The number of unbranched alkanes of at least 4 members (excludes halogenated alkanes) is 2. The maximum atomic E-state index is 11.4. The van der Waals surface area contributed by atoms with Gasteiger partial charge >= 0.3 is 0 Å². The number of amides is 1. The van der Waals surface area contributed by atoms with Crippen molar-refractivity contribution in [3.05, 3.63) is 24.3 Å². The fraction of sp³-hybridized carbons (Fsp3) is 0.526. The van der Waals surface area contributed by atoms with Crippen LogP contribution in [0.1, 0.15) is 52.9 Å². The Hall–Kier alpha value is -1.93. The summed E-state index contributed by atoms with van der Waals surface area (Å²) in [6, 6.07) is 0. The van der Waals surface area contributed by atoms with Crippen molar-refractivity contribution in [3.8, 4) is 23.7 Å². The van der Waals surface area contributed by atoms with Crippen molar-refractivity contribution in [3.63, 3.8) is 0 Å². The van der Waals surface area contributed by atoms with Crippen LogP contribution >= 0.6 is 0 Å². The molecule has 0 heterocycles. The summed E-state index contributed by atoms with van der Waals surface area (Å²) < 4.78 is 0. The van der Waals surface area contributed by atoms with Gasteiger partial charge in [-0.05, 0) is 37.0 Å². The van der Waals surface area contributed by atoms with E-state index in [1.54, 1.807) is 12.2 Å². The molecule has 0 aliphatic heterocycles. The minimum atomic E-state index is -0.0358. The second-order valence-electron chi connectivity index (χ2n) is 5.15. The van der Waals surface area contributed by atoms with Crippen LogP contribution in [-0.2, 0) is 4.79 Å². The Kier molecular flexibility index (Phi) is 13.1. The van der Waals surface area contributed by atoms with Crippen LogP contribution in [0.5, 0.6) is 0 Å². The predicted octanol–water partition coefficient (Wildman–Crippen LogP) is 3.85. The molecule has 114 valence electrons. The molecule has 0 atom stereocenters. The molecule has 21 heavy (non-hydrogen) atoms. The molecule has 0 unspecified atom stereocenters. The summed E-state index contributed by atoms with van der Waals surface area (Å²) in [5.74, 6) is 12.2. The van der Waals surface area contributed by atoms with Crippen LogP contribution in [-0.4, -0.2) is 12.5 Å². The second kappa shape index (κ2) is 14.5. The molecule has 0 fully saturated rings. The highest BCUT2D eigenvalue weighted by Gasteiger charge is 1.95. The van der Waals surface area contributed by atoms with Crippen LogP contribution in [0.2, 0.25) is 0 Å². The van der Waals surface area contributed by atoms with E-state index in [4.69, 9.17) is 0 Å². The van der Waals surface area contributed by atoms with E-state index in [1.165, 1.54) is 0 Å². The van der Waals surface area contributed by atoms with E-state index in [-0.39, 0.29) is 5.91 Å². The Morgan fingerprint density at radius 2 is 1.86 bits per heavy atom. The normalized spacial score (nSPS) is 10.3. The summed E-state index contributed by atoms with van der Waals surface area (Å²) in [7, 11) is 0. The first-order valence-corrected chi connectivity index (χ1v) is 7.73. The zero-order valence-corrected chi connectivity index (χ0v) is 13.5. The zero-order chi connectivity index (χ0) is 15.8. The number of nitrogens with one attached hydrogen (secondary N) is 1. The maximum absolute atomic E-state index is 11.4. The molecule has 0 aromatic rings. The van der Waals surface area contributed by atoms with Crippen molar-refractivity contribution in [2.24, 2.45) is 5.92 Å². The van der Waals surface area contributed by atoms with Gasteiger partial charge in [-0.2, -0.15) is 0 Å². The molecule has 1 N–H and O–H groups in total. The number of rotatable bonds is 8. The van der Waals surface area contributed by atoms with Crippen LogP contribution in [0, 0.1) is 29.6 Å². The van der Waals surface area contributed by atoms with E-state index in [0.29, 0.717) is 5.92 Å². The first-order chi connectivity index (χ1) is 10.2. The fourth-order valence-electron chi connectivity index (χ4n) is 1.35. The van der Waals surface area contributed by atoms with E-state index < -0.39 is 0 Å². The molecule has 0 spiro atoms. The maximum Gasteiger partial charge on any atom is 0.243 e. The van der Waals surface area contributed by atoms with E-state index in [9.17, 15) is 4.79 Å². The van der Waals surface area contributed by atoms with Crippen LogP contribution in [0.15, 0.2) is 24.3 Å². The van der Waals surface area contributed by atoms with Gasteiger partial charge in [-0.1, -0.05) is 50.8 Å². The van der Waals surface area contributed by atoms with Gasteiger partial charge in [-0.15, -0.1) is 0 Å². The topological polar surface area (TPSA) is 29.1 Å². The molecule has 2 heteroatoms. The number of carbonyl (C=O) groups is 1. The molecule has 0 aromatic heterocycles. The van der Waals surface area contributed by atoms with Gasteiger partial charge in [0, 0.05) is 25.5 Å². The summed E-state index contributed by atoms with van der Waals surface area (Å²) in [4.78, 5) is 11.4. The van der Waals surface area contributed by atoms with Gasteiger partial charge in [0.1, 0.15) is 0 Å². The molecule has 0 aliphatic rings. The van der Waals surface area contributed by atoms with Gasteiger partial charge in [0.15, 0.2) is 0 Å². The number of hydrogen-bond donors (Lipinski definition) is 1. The summed E-state index contributed by atoms with van der Waals surface area (Å²) in [5.41, 5.74) is 0. The predicted molar refractivity (Wildman–Crippen MR) is 90.4 cm³/mol. The van der Waals surface area contributed by atoms with Crippen molar-refractivity contribution < 1.29 is 4.79 Å². The lowest BCUT2D eigenvalue weighted by molar-refractivity contribution is -0.116. The van der Waals surface area contributed by atoms with Crippen molar-refractivity contribution in [1.82, 2.24) is 5.32 Å². The number of hydrogen-bond acceptors (Lipinski definition) is 1. The Morgan fingerprint density at radius 1 is 1.14 bits per heavy atom. The third kappa shape index (κ3) is 16.0. The summed E-state index contributed by atoms with van der Waals surface area (Å²) in [6.07, 6.45) is 11.9. The van der Waals surface area contributed by atoms with Crippen molar-refractivity contribution in [1.29, 1.82) is 0 Å². The summed E-state index contributed by atoms with van der Waals surface area (Å²) >= 11 is 0. The van der Waals surface area contributed by atoms with E-state index in [2.05, 4.69) is 49.8 Å². The van der Waals surface area contributed by atoms with Gasteiger partial charge in [-0.25, -0.2) is 0 Å². The first-order valence-electron chi connectivity index (χ1n) is 7.73. The molecule has 1 amide bonds. The minimum Gasteiger partial charge on any atom is -0.353 e. The lowest BCUT2D eigenvalue weighted by Crippen LogP contribution is -2.23. The Labute approximate surface area is 130 Å². The van der Waals surface area contributed by atoms with Gasteiger partial charge in [0.25, 0.3) is 0 Å². The van der Waals surface area contributed by atoms with Crippen LogP contribution < -0.4 is 5.32 Å². The molecule has 0 rings (SSSR count). The molecule has 0 saturated carbocycles. The van der Waals surface area contributed by atoms with E-state index in [0.717, 1.165) is 38.6 Å². The summed E-state index contributed by atoms with van der Waals surface area (Å²) in [5, 5.41) is 2.85. The number of allylic oxidation sites excluding steroid dienone is 3. The van der Waals surface area contributed by atoms with Crippen molar-refractivity contribution in [2.45, 2.75) is 52.9 Å². The molecular formula is C19H27NO. The average molecular weight is 285 g/mol. The molecule has 0 aromatic carbocycles. The minimum absolute atomic E-state index is 0.0358. The monoisotopic (exact) mass is 285 g/mol. The number of carbonyl (C=O) groups excluding carboxylic acids is 1. The van der Waals surface area contributed by atoms with Crippen molar-refractivity contribution >= 4 is 5.91 Å². The lowest BCUT2D eigenvalue weighted by Gasteiger charge is -2.04. The van der Waals surface area contributed by atoms with E-state index >= 15 is 0 Å². The second-order valence-corrected chi connectivity index (χ2v) is 5.15. The largest absolute Gasteiger partial charge is 0.353 e. The third-order valence-electron chi connectivity index (χ3n) is 2.57. The molecule has 2 nitrogen and oxygen atoms in total. The zero-order valence-electron chi connectivity index (χ0n) is 13.5. The standard InChI is InChI=1S/C19H27NO/c1-4-5-6-7-8-9-10-11-12-13-14-15-19(21)20-17-16-18(2)3/h12-15,18H,4-5,10-11,16-17H2,1-3H3,(H,20,21). The smallest absolute Gasteiger partial charge is 0.243 e. The van der Waals surface area contributed by atoms with Gasteiger partial charge in [0.2, 0.25) is 5.91 Å².